The molecule has 0 aliphatic heterocycles. The maximum atomic E-state index is 2.25. The molecule has 3 rings (SSSR count). The van der Waals surface area contributed by atoms with Gasteiger partial charge < -0.3 is 0 Å². The predicted molar refractivity (Wildman–Crippen MR) is 68.2 cm³/mol. The van der Waals surface area contributed by atoms with Crippen molar-refractivity contribution in [1.29, 1.82) is 0 Å². The number of hydrogen-bond donors (Lipinski definition) is 0. The highest BCUT2D eigenvalue weighted by atomic mass is 14.3. The highest BCUT2D eigenvalue weighted by molar-refractivity contribution is 5.83. The third-order valence-corrected chi connectivity index (χ3v) is 3.29. The molecule has 2 aromatic rings. The van der Waals surface area contributed by atoms with Gasteiger partial charge >= 0.3 is 0 Å². The summed E-state index contributed by atoms with van der Waals surface area (Å²) in [7, 11) is 0. The molecule has 1 radical (unpaired) electrons. The van der Waals surface area contributed by atoms with Crippen molar-refractivity contribution in [1.82, 2.24) is 0 Å². The van der Waals surface area contributed by atoms with Gasteiger partial charge in [0.25, 0.3) is 0 Å². The summed E-state index contributed by atoms with van der Waals surface area (Å²) in [5.74, 6) is 1.52. The summed E-state index contributed by atoms with van der Waals surface area (Å²) in [6.45, 7) is 2.25. The Labute approximate surface area is 96.9 Å². The van der Waals surface area contributed by atoms with Gasteiger partial charge in [0.2, 0.25) is 0 Å². The van der Waals surface area contributed by atoms with Crippen molar-refractivity contribution < 1.29 is 0 Å². The molecule has 1 aliphatic rings. The van der Waals surface area contributed by atoms with Crippen LogP contribution in [0.3, 0.4) is 0 Å². The molecule has 0 aromatic heterocycles. The van der Waals surface area contributed by atoms with Crippen LogP contribution in [0.2, 0.25) is 0 Å². The van der Waals surface area contributed by atoms with Crippen LogP contribution < -0.4 is 0 Å². The van der Waals surface area contributed by atoms with Crippen LogP contribution in [0, 0.1) is 5.92 Å². The second-order valence-electron chi connectivity index (χ2n) is 4.32. The summed E-state index contributed by atoms with van der Waals surface area (Å²) in [5, 5.41) is 0. The summed E-state index contributed by atoms with van der Waals surface area (Å²) >= 11 is 0. The molecular formula is C16H15. The monoisotopic (exact) mass is 207 g/mol. The molecule has 79 valence electrons. The minimum atomic E-state index is 1.17. The van der Waals surface area contributed by atoms with Crippen LogP contribution in [0.15, 0.2) is 48.5 Å². The second-order valence-corrected chi connectivity index (χ2v) is 4.32. The van der Waals surface area contributed by atoms with E-state index < -0.39 is 0 Å². The molecule has 16 heavy (non-hydrogen) atoms. The largest absolute Gasteiger partial charge is 0.0653 e. The van der Waals surface area contributed by atoms with E-state index in [0.29, 0.717) is 0 Å². The van der Waals surface area contributed by atoms with Crippen LogP contribution in [-0.2, 0) is 0 Å². The minimum Gasteiger partial charge on any atom is -0.0653 e. The van der Waals surface area contributed by atoms with Crippen molar-refractivity contribution in [3.8, 4) is 11.1 Å². The lowest BCUT2D eigenvalue weighted by Crippen LogP contribution is -1.96. The fourth-order valence-corrected chi connectivity index (χ4v) is 2.63. The highest BCUT2D eigenvalue weighted by Gasteiger charge is 2.27. The summed E-state index contributed by atoms with van der Waals surface area (Å²) in [6.07, 6.45) is 2.38. The molecule has 2 aromatic carbocycles. The Bertz CT molecular complexity index is 465. The van der Waals surface area contributed by atoms with E-state index in [1.807, 2.05) is 0 Å². The Kier molecular flexibility index (Phi) is 2.28. The Hall–Kier alpha value is -1.56. The molecule has 0 fully saturated rings. The van der Waals surface area contributed by atoms with Crippen molar-refractivity contribution in [3.63, 3.8) is 0 Å². The van der Waals surface area contributed by atoms with Gasteiger partial charge in [0.1, 0.15) is 0 Å². The first-order valence-corrected chi connectivity index (χ1v) is 5.97. The predicted octanol–water partition coefficient (Wildman–Crippen LogP) is 4.44. The fourth-order valence-electron chi connectivity index (χ4n) is 2.63. The van der Waals surface area contributed by atoms with Gasteiger partial charge in [-0.05, 0) is 28.7 Å². The van der Waals surface area contributed by atoms with Crippen molar-refractivity contribution in [3.05, 3.63) is 65.6 Å². The molecule has 0 heterocycles. The summed E-state index contributed by atoms with van der Waals surface area (Å²) in [4.78, 5) is 0. The number of benzene rings is 2. The van der Waals surface area contributed by atoms with E-state index >= 15 is 0 Å². The lowest BCUT2D eigenvalue weighted by molar-refractivity contribution is 0.857. The normalized spacial score (nSPS) is 13.6. The van der Waals surface area contributed by atoms with E-state index in [4.69, 9.17) is 0 Å². The van der Waals surface area contributed by atoms with Gasteiger partial charge in [0.05, 0.1) is 0 Å². The lowest BCUT2D eigenvalue weighted by Gasteiger charge is -2.10. The second kappa shape index (κ2) is 3.79. The maximum Gasteiger partial charge on any atom is 0.0352 e. The minimum absolute atomic E-state index is 1.17. The maximum absolute atomic E-state index is 2.25. The smallest absolute Gasteiger partial charge is 0.0352 e. The van der Waals surface area contributed by atoms with E-state index in [9.17, 15) is 0 Å². The molecule has 0 unspecified atom stereocenters. The Balaban J connectivity index is 2.21. The number of rotatable bonds is 2. The number of hydrogen-bond acceptors (Lipinski definition) is 0. The van der Waals surface area contributed by atoms with Crippen LogP contribution in [0.5, 0.6) is 0 Å². The molecule has 0 amide bonds. The SMILES string of the molecule is CCC[C]1c2ccccc2-c2ccccc21. The fraction of sp³-hybridized carbons (Fsp3) is 0.188. The average Bonchev–Trinajstić information content (AvgIpc) is 2.66. The van der Waals surface area contributed by atoms with Gasteiger partial charge in [-0.15, -0.1) is 0 Å². The molecule has 0 spiro atoms. The van der Waals surface area contributed by atoms with E-state index in [2.05, 4.69) is 55.5 Å². The molecule has 0 heteroatoms. The average molecular weight is 207 g/mol. The van der Waals surface area contributed by atoms with E-state index in [0.717, 1.165) is 0 Å². The molecule has 0 nitrogen and oxygen atoms in total. The zero-order valence-electron chi connectivity index (χ0n) is 9.53. The Morgan fingerprint density at radius 3 is 1.56 bits per heavy atom. The van der Waals surface area contributed by atoms with Crippen LogP contribution in [0.25, 0.3) is 11.1 Å². The van der Waals surface area contributed by atoms with Gasteiger partial charge in [-0.2, -0.15) is 0 Å². The Morgan fingerprint density at radius 1 is 0.688 bits per heavy atom. The zero-order chi connectivity index (χ0) is 11.0. The van der Waals surface area contributed by atoms with E-state index in [1.54, 1.807) is 0 Å². The van der Waals surface area contributed by atoms with Gasteiger partial charge in [-0.25, -0.2) is 0 Å². The quantitative estimate of drug-likeness (QED) is 0.683. The third kappa shape index (κ3) is 1.30. The number of fused-ring (bicyclic) bond motifs is 3. The summed E-state index contributed by atoms with van der Waals surface area (Å²) < 4.78 is 0. The molecule has 0 saturated carbocycles. The zero-order valence-corrected chi connectivity index (χ0v) is 9.53. The van der Waals surface area contributed by atoms with Crippen LogP contribution in [0.1, 0.15) is 30.9 Å². The molecule has 0 saturated heterocycles. The van der Waals surface area contributed by atoms with Gasteiger partial charge in [0, 0.05) is 5.92 Å². The highest BCUT2D eigenvalue weighted by Crippen LogP contribution is 2.45. The van der Waals surface area contributed by atoms with Gasteiger partial charge in [-0.1, -0.05) is 61.9 Å². The standard InChI is InChI=1S/C16H15/c1-2-7-12-13-8-3-5-10-15(13)16-11-6-4-9-14(12)16/h3-6,8-11H,2,7H2,1H3. The van der Waals surface area contributed by atoms with Crippen molar-refractivity contribution >= 4 is 0 Å². The third-order valence-electron chi connectivity index (χ3n) is 3.29. The van der Waals surface area contributed by atoms with Crippen LogP contribution >= 0.6 is 0 Å². The lowest BCUT2D eigenvalue weighted by atomic mass is 9.93. The van der Waals surface area contributed by atoms with Gasteiger partial charge in [-0.3, -0.25) is 0 Å². The molecule has 0 atom stereocenters. The van der Waals surface area contributed by atoms with E-state index in [1.165, 1.54) is 41.0 Å². The Morgan fingerprint density at radius 2 is 1.12 bits per heavy atom. The van der Waals surface area contributed by atoms with Crippen molar-refractivity contribution in [2.24, 2.45) is 0 Å². The van der Waals surface area contributed by atoms with Crippen LogP contribution in [-0.4, -0.2) is 0 Å². The summed E-state index contributed by atoms with van der Waals surface area (Å²) in [5.41, 5.74) is 5.68. The van der Waals surface area contributed by atoms with Gasteiger partial charge in [0.15, 0.2) is 0 Å². The summed E-state index contributed by atoms with van der Waals surface area (Å²) in [6, 6.07) is 17.5. The molecule has 0 bridgehead atoms. The molecule has 1 aliphatic carbocycles. The first-order valence-electron chi connectivity index (χ1n) is 5.97. The molecular weight excluding hydrogens is 192 g/mol. The van der Waals surface area contributed by atoms with Crippen molar-refractivity contribution in [2.75, 3.05) is 0 Å². The van der Waals surface area contributed by atoms with E-state index in [-0.39, 0.29) is 0 Å². The first-order chi connectivity index (χ1) is 7.92. The molecule has 0 N–H and O–H groups in total. The van der Waals surface area contributed by atoms with Crippen molar-refractivity contribution in [2.45, 2.75) is 19.8 Å². The van der Waals surface area contributed by atoms with Crippen LogP contribution in [0.4, 0.5) is 0 Å². The topological polar surface area (TPSA) is 0 Å². The first kappa shape index (κ1) is 9.65.